The monoisotopic (exact) mass is 343 g/mol. The molecule has 0 spiro atoms. The summed E-state index contributed by atoms with van der Waals surface area (Å²) >= 11 is 0. The van der Waals surface area contributed by atoms with Crippen LogP contribution in [0, 0.1) is 11.6 Å². The van der Waals surface area contributed by atoms with Crippen molar-refractivity contribution in [3.63, 3.8) is 0 Å². The molecule has 2 atom stereocenters. The molecule has 0 unspecified atom stereocenters. The molecule has 2 aromatic rings. The van der Waals surface area contributed by atoms with Gasteiger partial charge < -0.3 is 16.0 Å². The van der Waals surface area contributed by atoms with E-state index < -0.39 is 23.7 Å². The lowest BCUT2D eigenvalue weighted by Gasteiger charge is -2.22. The van der Waals surface area contributed by atoms with Crippen LogP contribution < -0.4 is 11.1 Å². The first-order valence-electron chi connectivity index (χ1n) is 7.92. The summed E-state index contributed by atoms with van der Waals surface area (Å²) in [4.78, 5) is 26.7. The molecule has 25 heavy (non-hydrogen) atoms. The number of hydrogen-bond donors (Lipinski definition) is 2. The molecule has 1 fully saturated rings. The van der Waals surface area contributed by atoms with Crippen LogP contribution in [0.2, 0.25) is 0 Å². The van der Waals surface area contributed by atoms with Crippen molar-refractivity contribution in [3.05, 3.63) is 53.6 Å². The molecular weight excluding hydrogens is 328 g/mol. The lowest BCUT2D eigenvalue weighted by molar-refractivity contribution is -0.119. The smallest absolute Gasteiger partial charge is 0.256 e. The fourth-order valence-corrected chi connectivity index (χ4v) is 3.46. The molecule has 7 heteroatoms. The number of benzene rings is 2. The second-order valence-electron chi connectivity index (χ2n) is 6.27. The van der Waals surface area contributed by atoms with E-state index in [1.807, 2.05) is 0 Å². The van der Waals surface area contributed by atoms with Gasteiger partial charge >= 0.3 is 0 Å². The predicted octanol–water partition coefficient (Wildman–Crippen LogP) is 2.13. The zero-order valence-electron chi connectivity index (χ0n) is 13.1. The van der Waals surface area contributed by atoms with Crippen LogP contribution in [0.15, 0.2) is 36.4 Å². The van der Waals surface area contributed by atoms with Crippen molar-refractivity contribution < 1.29 is 18.4 Å². The molecular formula is C18H15F2N3O2. The van der Waals surface area contributed by atoms with Crippen molar-refractivity contribution in [1.82, 2.24) is 4.90 Å². The van der Waals surface area contributed by atoms with Gasteiger partial charge in [-0.1, -0.05) is 6.07 Å². The molecule has 2 amide bonds. The van der Waals surface area contributed by atoms with E-state index in [-0.39, 0.29) is 22.9 Å². The average Bonchev–Trinajstić information content (AvgIpc) is 2.92. The molecule has 4 rings (SSSR count). The fraction of sp³-hybridized carbons (Fsp3) is 0.222. The van der Waals surface area contributed by atoms with Gasteiger partial charge in [0.1, 0.15) is 17.7 Å². The Kier molecular flexibility index (Phi) is 3.54. The first kappa shape index (κ1) is 15.7. The number of nitrogens with two attached hydrogens (primary N) is 1. The standard InChI is InChI=1S/C18H15F2N3O2/c19-10-2-3-11(13(20)8-10)9-1-4-15-12(7-9)18(25)23-6-5-14(21)16(23)17(24)22-15/h1-4,7-8,14,16H,5-6,21H2,(H,22,24)/t14-,16-/m0/s1. The van der Waals surface area contributed by atoms with Gasteiger partial charge in [-0.25, -0.2) is 8.78 Å². The number of fused-ring (bicyclic) bond motifs is 2. The Morgan fingerprint density at radius 3 is 2.64 bits per heavy atom. The quantitative estimate of drug-likeness (QED) is 0.833. The molecule has 2 aromatic carbocycles. The molecule has 2 aliphatic heterocycles. The van der Waals surface area contributed by atoms with E-state index in [9.17, 15) is 18.4 Å². The molecule has 0 saturated carbocycles. The van der Waals surface area contributed by atoms with Crippen LogP contribution in [-0.4, -0.2) is 35.3 Å². The van der Waals surface area contributed by atoms with Gasteiger partial charge in [0, 0.05) is 24.2 Å². The second-order valence-corrected chi connectivity index (χ2v) is 6.27. The number of hydrogen-bond acceptors (Lipinski definition) is 3. The first-order chi connectivity index (χ1) is 12.0. The molecule has 2 aliphatic rings. The number of amides is 2. The highest BCUT2D eigenvalue weighted by Gasteiger charge is 2.43. The Labute approximate surface area is 142 Å². The third kappa shape index (κ3) is 2.47. The lowest BCUT2D eigenvalue weighted by Crippen LogP contribution is -2.48. The van der Waals surface area contributed by atoms with E-state index in [4.69, 9.17) is 5.73 Å². The number of carbonyl (C=O) groups excluding carboxylic acids is 2. The molecule has 2 heterocycles. The summed E-state index contributed by atoms with van der Waals surface area (Å²) < 4.78 is 27.2. The summed E-state index contributed by atoms with van der Waals surface area (Å²) in [7, 11) is 0. The Morgan fingerprint density at radius 1 is 1.08 bits per heavy atom. The van der Waals surface area contributed by atoms with Crippen molar-refractivity contribution in [2.24, 2.45) is 5.73 Å². The van der Waals surface area contributed by atoms with E-state index in [1.165, 1.54) is 17.0 Å². The van der Waals surface area contributed by atoms with Crippen LogP contribution in [0.5, 0.6) is 0 Å². The third-order valence-electron chi connectivity index (χ3n) is 4.72. The van der Waals surface area contributed by atoms with Crippen LogP contribution in [0.4, 0.5) is 14.5 Å². The van der Waals surface area contributed by atoms with Gasteiger partial charge in [0.05, 0.1) is 11.3 Å². The van der Waals surface area contributed by atoms with Crippen LogP contribution in [0.3, 0.4) is 0 Å². The Morgan fingerprint density at radius 2 is 1.88 bits per heavy atom. The minimum Gasteiger partial charge on any atom is -0.325 e. The minimum absolute atomic E-state index is 0.183. The normalized spacial score (nSPS) is 22.3. The Balaban J connectivity index is 1.81. The number of anilines is 1. The number of halogens is 2. The van der Waals surface area contributed by atoms with Crippen molar-refractivity contribution in [1.29, 1.82) is 0 Å². The molecule has 1 saturated heterocycles. The molecule has 5 nitrogen and oxygen atoms in total. The average molecular weight is 343 g/mol. The van der Waals surface area contributed by atoms with Crippen LogP contribution in [-0.2, 0) is 4.79 Å². The Hall–Kier alpha value is -2.80. The molecule has 0 radical (unpaired) electrons. The van der Waals surface area contributed by atoms with E-state index in [0.717, 1.165) is 12.1 Å². The van der Waals surface area contributed by atoms with Crippen molar-refractivity contribution in [3.8, 4) is 11.1 Å². The van der Waals surface area contributed by atoms with Gasteiger partial charge in [-0.15, -0.1) is 0 Å². The first-order valence-corrected chi connectivity index (χ1v) is 7.92. The van der Waals surface area contributed by atoms with Crippen molar-refractivity contribution >= 4 is 17.5 Å². The largest absolute Gasteiger partial charge is 0.325 e. The summed E-state index contributed by atoms with van der Waals surface area (Å²) in [6.45, 7) is 0.395. The number of nitrogens with one attached hydrogen (secondary N) is 1. The van der Waals surface area contributed by atoms with Crippen LogP contribution in [0.25, 0.3) is 11.1 Å². The lowest BCUT2D eigenvalue weighted by atomic mass is 10.0. The number of rotatable bonds is 1. The van der Waals surface area contributed by atoms with Crippen LogP contribution in [0.1, 0.15) is 16.8 Å². The molecule has 0 aromatic heterocycles. The molecule has 3 N–H and O–H groups in total. The number of carbonyl (C=O) groups is 2. The maximum atomic E-state index is 14.1. The van der Waals surface area contributed by atoms with E-state index in [2.05, 4.69) is 5.32 Å². The maximum absolute atomic E-state index is 14.1. The van der Waals surface area contributed by atoms with E-state index >= 15 is 0 Å². The van der Waals surface area contributed by atoms with Gasteiger partial charge in [-0.3, -0.25) is 9.59 Å². The predicted molar refractivity (Wildman–Crippen MR) is 87.8 cm³/mol. The molecule has 0 aliphatic carbocycles. The van der Waals surface area contributed by atoms with Gasteiger partial charge in [-0.05, 0) is 36.2 Å². The summed E-state index contributed by atoms with van der Waals surface area (Å²) in [6.07, 6.45) is 0.547. The van der Waals surface area contributed by atoms with Crippen molar-refractivity contribution in [2.45, 2.75) is 18.5 Å². The maximum Gasteiger partial charge on any atom is 0.256 e. The van der Waals surface area contributed by atoms with Gasteiger partial charge in [0.2, 0.25) is 5.91 Å². The van der Waals surface area contributed by atoms with Gasteiger partial charge in [-0.2, -0.15) is 0 Å². The zero-order valence-corrected chi connectivity index (χ0v) is 13.1. The molecule has 0 bridgehead atoms. The summed E-state index contributed by atoms with van der Waals surface area (Å²) in [5, 5.41) is 2.72. The van der Waals surface area contributed by atoms with Crippen LogP contribution >= 0.6 is 0 Å². The Bertz CT molecular complexity index is 900. The summed E-state index contributed by atoms with van der Waals surface area (Å²) in [6, 6.07) is 6.80. The van der Waals surface area contributed by atoms with Gasteiger partial charge in [0.15, 0.2) is 0 Å². The third-order valence-corrected chi connectivity index (χ3v) is 4.72. The summed E-state index contributed by atoms with van der Waals surface area (Å²) in [5.74, 6) is -2.03. The fourth-order valence-electron chi connectivity index (χ4n) is 3.46. The van der Waals surface area contributed by atoms with Gasteiger partial charge in [0.25, 0.3) is 5.91 Å². The highest BCUT2D eigenvalue weighted by molar-refractivity contribution is 6.11. The topological polar surface area (TPSA) is 75.4 Å². The highest BCUT2D eigenvalue weighted by atomic mass is 19.1. The van der Waals surface area contributed by atoms with Crippen molar-refractivity contribution in [2.75, 3.05) is 11.9 Å². The highest BCUT2D eigenvalue weighted by Crippen LogP contribution is 2.32. The zero-order chi connectivity index (χ0) is 17.7. The second kappa shape index (κ2) is 5.63. The molecule has 128 valence electrons. The summed E-state index contributed by atoms with van der Waals surface area (Å²) in [5.41, 5.74) is 7.21. The number of nitrogens with zero attached hydrogens (tertiary/aromatic N) is 1. The van der Waals surface area contributed by atoms with E-state index in [1.54, 1.807) is 12.1 Å². The SMILES string of the molecule is N[C@H]1CCN2C(=O)c3cc(-c4ccc(F)cc4F)ccc3NC(=O)[C@H]12. The van der Waals surface area contributed by atoms with E-state index in [0.29, 0.717) is 24.2 Å². The minimum atomic E-state index is -0.717.